The fourth-order valence-electron chi connectivity index (χ4n) is 2.29. The van der Waals surface area contributed by atoms with Crippen molar-refractivity contribution in [1.29, 1.82) is 0 Å². The smallest absolute Gasteiger partial charge is 0.252 e. The summed E-state index contributed by atoms with van der Waals surface area (Å²) in [5.41, 5.74) is 0.0557. The van der Waals surface area contributed by atoms with Gasteiger partial charge in [0.1, 0.15) is 0 Å². The highest BCUT2D eigenvalue weighted by Crippen LogP contribution is 2.32. The molecule has 2 rings (SSSR count). The van der Waals surface area contributed by atoms with Gasteiger partial charge in [-0.3, -0.25) is 4.79 Å². The summed E-state index contributed by atoms with van der Waals surface area (Å²) in [6.45, 7) is 3.60. The Hall–Kier alpha value is -2.63. The number of carbonyl (C=O) groups excluding carboxylic acids is 1. The zero-order valence-corrected chi connectivity index (χ0v) is 13.9. The van der Waals surface area contributed by atoms with Gasteiger partial charge in [-0.2, -0.15) is 0 Å². The number of rotatable bonds is 5. The number of hydrogen-bond donors (Lipinski definition) is 1. The normalized spacial score (nSPS) is 11.1. The molecule has 0 atom stereocenters. The van der Waals surface area contributed by atoms with Crippen molar-refractivity contribution in [3.05, 3.63) is 59.2 Å². The molecular weight excluding hydrogens is 316 g/mol. The molecule has 6 heteroatoms. The van der Waals surface area contributed by atoms with Crippen molar-refractivity contribution in [1.82, 2.24) is 5.32 Å². The summed E-state index contributed by atoms with van der Waals surface area (Å²) < 4.78 is 36.7. The van der Waals surface area contributed by atoms with E-state index in [4.69, 9.17) is 9.47 Å². The maximum atomic E-state index is 13.3. The minimum atomic E-state index is -1.06. The average Bonchev–Trinajstić information content (AvgIpc) is 2.56. The monoisotopic (exact) mass is 335 g/mol. The molecule has 2 aromatic carbocycles. The van der Waals surface area contributed by atoms with Gasteiger partial charge in [0, 0.05) is 5.56 Å². The summed E-state index contributed by atoms with van der Waals surface area (Å²) in [7, 11) is 3.06. The van der Waals surface area contributed by atoms with Gasteiger partial charge in [-0.1, -0.05) is 6.07 Å². The predicted molar refractivity (Wildman–Crippen MR) is 86.4 cm³/mol. The van der Waals surface area contributed by atoms with E-state index in [1.54, 1.807) is 32.0 Å². The Morgan fingerprint density at radius 2 is 1.62 bits per heavy atom. The predicted octanol–water partition coefficient (Wildman–Crippen LogP) is 3.65. The Bertz CT molecular complexity index is 760. The highest BCUT2D eigenvalue weighted by Gasteiger charge is 2.25. The number of carbonyl (C=O) groups is 1. The first kappa shape index (κ1) is 17.7. The van der Waals surface area contributed by atoms with Crippen LogP contribution >= 0.6 is 0 Å². The molecule has 0 aliphatic carbocycles. The number of methoxy groups -OCH3 is 2. The third-order valence-electron chi connectivity index (χ3n) is 3.71. The van der Waals surface area contributed by atoms with E-state index in [0.717, 1.165) is 17.7 Å². The number of hydrogen-bond acceptors (Lipinski definition) is 3. The van der Waals surface area contributed by atoms with Crippen LogP contribution in [-0.2, 0) is 5.54 Å². The third-order valence-corrected chi connectivity index (χ3v) is 3.71. The van der Waals surface area contributed by atoms with Crippen LogP contribution in [0.5, 0.6) is 11.5 Å². The molecule has 0 fully saturated rings. The molecule has 128 valence electrons. The molecule has 0 bridgehead atoms. The van der Waals surface area contributed by atoms with Crippen LogP contribution in [0.4, 0.5) is 8.78 Å². The number of amides is 1. The van der Waals surface area contributed by atoms with Crippen LogP contribution in [0, 0.1) is 11.6 Å². The van der Waals surface area contributed by atoms with E-state index in [9.17, 15) is 13.6 Å². The van der Waals surface area contributed by atoms with Gasteiger partial charge >= 0.3 is 0 Å². The van der Waals surface area contributed by atoms with Gasteiger partial charge in [0.2, 0.25) is 0 Å². The maximum absolute atomic E-state index is 13.3. The Morgan fingerprint density at radius 3 is 2.21 bits per heavy atom. The maximum Gasteiger partial charge on any atom is 0.252 e. The van der Waals surface area contributed by atoms with Crippen LogP contribution in [0.1, 0.15) is 29.8 Å². The average molecular weight is 335 g/mol. The van der Waals surface area contributed by atoms with Crippen molar-refractivity contribution < 1.29 is 23.0 Å². The molecule has 0 aromatic heterocycles. The lowest BCUT2D eigenvalue weighted by molar-refractivity contribution is 0.0911. The van der Waals surface area contributed by atoms with E-state index >= 15 is 0 Å². The summed E-state index contributed by atoms with van der Waals surface area (Å²) in [6.07, 6.45) is 0. The van der Waals surface area contributed by atoms with Gasteiger partial charge in [0.25, 0.3) is 5.91 Å². The SMILES string of the molecule is COc1ccc(C(C)(C)NC(=O)c2ccc(F)c(F)c2)cc1OC. The van der Waals surface area contributed by atoms with Crippen LogP contribution in [0.25, 0.3) is 0 Å². The third kappa shape index (κ3) is 3.64. The van der Waals surface area contributed by atoms with Crippen molar-refractivity contribution in [2.75, 3.05) is 14.2 Å². The lowest BCUT2D eigenvalue weighted by atomic mass is 9.93. The highest BCUT2D eigenvalue weighted by atomic mass is 19.2. The Labute approximate surface area is 139 Å². The second kappa shape index (κ2) is 6.86. The highest BCUT2D eigenvalue weighted by molar-refractivity contribution is 5.94. The lowest BCUT2D eigenvalue weighted by Crippen LogP contribution is -2.41. The summed E-state index contributed by atoms with van der Waals surface area (Å²) in [4.78, 5) is 12.3. The largest absolute Gasteiger partial charge is 0.493 e. The molecule has 2 aromatic rings. The molecule has 0 heterocycles. The molecule has 0 saturated carbocycles. The van der Waals surface area contributed by atoms with Crippen molar-refractivity contribution in [3.8, 4) is 11.5 Å². The molecule has 4 nitrogen and oxygen atoms in total. The first-order valence-electron chi connectivity index (χ1n) is 7.28. The van der Waals surface area contributed by atoms with Gasteiger partial charge in [-0.15, -0.1) is 0 Å². The van der Waals surface area contributed by atoms with Gasteiger partial charge in [-0.25, -0.2) is 8.78 Å². The first-order valence-corrected chi connectivity index (χ1v) is 7.28. The van der Waals surface area contributed by atoms with Crippen molar-refractivity contribution in [2.45, 2.75) is 19.4 Å². The van der Waals surface area contributed by atoms with Crippen LogP contribution in [-0.4, -0.2) is 20.1 Å². The molecule has 0 saturated heterocycles. The Balaban J connectivity index is 2.26. The fourth-order valence-corrected chi connectivity index (χ4v) is 2.29. The lowest BCUT2D eigenvalue weighted by Gasteiger charge is -2.27. The first-order chi connectivity index (χ1) is 11.3. The van der Waals surface area contributed by atoms with Gasteiger partial charge in [0.05, 0.1) is 19.8 Å². The standard InChI is InChI=1S/C18H19F2NO3/c1-18(2,12-6-8-15(23-3)16(10-12)24-4)21-17(22)11-5-7-13(19)14(20)9-11/h5-10H,1-4H3,(H,21,22). The summed E-state index contributed by atoms with van der Waals surface area (Å²) in [6, 6.07) is 8.32. The second-order valence-corrected chi connectivity index (χ2v) is 5.78. The van der Waals surface area contributed by atoms with Crippen LogP contribution < -0.4 is 14.8 Å². The van der Waals surface area contributed by atoms with E-state index in [-0.39, 0.29) is 5.56 Å². The zero-order valence-electron chi connectivity index (χ0n) is 13.9. The number of halogens is 2. The van der Waals surface area contributed by atoms with E-state index in [1.165, 1.54) is 20.3 Å². The minimum Gasteiger partial charge on any atom is -0.493 e. The molecule has 0 radical (unpaired) electrons. The molecule has 0 aliphatic heterocycles. The van der Waals surface area contributed by atoms with Crippen molar-refractivity contribution >= 4 is 5.91 Å². The molecule has 1 N–H and O–H groups in total. The molecule has 0 aliphatic rings. The second-order valence-electron chi connectivity index (χ2n) is 5.78. The van der Waals surface area contributed by atoms with E-state index in [1.807, 2.05) is 0 Å². The van der Waals surface area contributed by atoms with Crippen LogP contribution in [0.3, 0.4) is 0 Å². The Morgan fingerprint density at radius 1 is 0.958 bits per heavy atom. The van der Waals surface area contributed by atoms with Crippen LogP contribution in [0.2, 0.25) is 0 Å². The molecule has 0 spiro atoms. The molecule has 24 heavy (non-hydrogen) atoms. The van der Waals surface area contributed by atoms with Crippen molar-refractivity contribution in [2.24, 2.45) is 0 Å². The van der Waals surface area contributed by atoms with Gasteiger partial charge in [0.15, 0.2) is 23.1 Å². The van der Waals surface area contributed by atoms with E-state index < -0.39 is 23.1 Å². The topological polar surface area (TPSA) is 47.6 Å². The zero-order chi connectivity index (χ0) is 17.9. The number of ether oxygens (including phenoxy) is 2. The fraction of sp³-hybridized carbons (Fsp3) is 0.278. The van der Waals surface area contributed by atoms with Crippen molar-refractivity contribution in [3.63, 3.8) is 0 Å². The summed E-state index contributed by atoms with van der Waals surface area (Å²) in [5, 5.41) is 2.80. The molecule has 1 amide bonds. The molecule has 0 unspecified atom stereocenters. The van der Waals surface area contributed by atoms with Gasteiger partial charge < -0.3 is 14.8 Å². The van der Waals surface area contributed by atoms with E-state index in [0.29, 0.717) is 11.5 Å². The quantitative estimate of drug-likeness (QED) is 0.907. The van der Waals surface area contributed by atoms with E-state index in [2.05, 4.69) is 5.32 Å². The molecular formula is C18H19F2NO3. The summed E-state index contributed by atoms with van der Waals surface area (Å²) in [5.74, 6) is -1.46. The Kier molecular flexibility index (Phi) is 5.07. The van der Waals surface area contributed by atoms with Crippen LogP contribution in [0.15, 0.2) is 36.4 Å². The summed E-state index contributed by atoms with van der Waals surface area (Å²) >= 11 is 0. The number of nitrogens with one attached hydrogen (secondary N) is 1. The minimum absolute atomic E-state index is 0.0439. The number of benzene rings is 2. The van der Waals surface area contributed by atoms with Gasteiger partial charge in [-0.05, 0) is 49.7 Å².